The van der Waals surface area contributed by atoms with E-state index in [4.69, 9.17) is 11.5 Å². The lowest BCUT2D eigenvalue weighted by atomic mass is 10.0. The zero-order valence-corrected chi connectivity index (χ0v) is 9.58. The van der Waals surface area contributed by atoms with E-state index in [1.165, 1.54) is 31.2 Å². The van der Waals surface area contributed by atoms with Gasteiger partial charge in [0.15, 0.2) is 0 Å². The highest BCUT2D eigenvalue weighted by Gasteiger charge is 2.02. The van der Waals surface area contributed by atoms with Crippen LogP contribution in [0.2, 0.25) is 0 Å². The first-order valence-corrected chi connectivity index (χ1v) is 5.82. The molecular formula is C13H22N2. The summed E-state index contributed by atoms with van der Waals surface area (Å²) in [5.74, 6) is 0. The van der Waals surface area contributed by atoms with Gasteiger partial charge < -0.3 is 11.5 Å². The van der Waals surface area contributed by atoms with Crippen molar-refractivity contribution in [3.05, 3.63) is 35.4 Å². The van der Waals surface area contributed by atoms with Crippen LogP contribution >= 0.6 is 0 Å². The molecule has 1 aromatic rings. The van der Waals surface area contributed by atoms with Crippen LogP contribution in [0, 0.1) is 0 Å². The van der Waals surface area contributed by atoms with Gasteiger partial charge >= 0.3 is 0 Å². The van der Waals surface area contributed by atoms with Gasteiger partial charge in [-0.05, 0) is 24.0 Å². The molecule has 2 nitrogen and oxygen atoms in total. The molecule has 0 saturated heterocycles. The number of benzene rings is 1. The molecule has 0 aliphatic heterocycles. The van der Waals surface area contributed by atoms with Crippen LogP contribution in [0.5, 0.6) is 0 Å². The zero-order valence-electron chi connectivity index (χ0n) is 9.58. The number of aryl methyl sites for hydroxylation is 1. The third kappa shape index (κ3) is 4.02. The van der Waals surface area contributed by atoms with Crippen LogP contribution in [0.25, 0.3) is 0 Å². The van der Waals surface area contributed by atoms with Gasteiger partial charge in [-0.1, -0.05) is 44.0 Å². The minimum absolute atomic E-state index is 0.0188. The summed E-state index contributed by atoms with van der Waals surface area (Å²) in [4.78, 5) is 0. The van der Waals surface area contributed by atoms with Crippen molar-refractivity contribution in [3.63, 3.8) is 0 Å². The normalized spacial score (nSPS) is 12.7. The quantitative estimate of drug-likeness (QED) is 0.702. The molecule has 2 heteroatoms. The number of hydrogen-bond donors (Lipinski definition) is 2. The lowest BCUT2D eigenvalue weighted by Crippen LogP contribution is -2.20. The van der Waals surface area contributed by atoms with Gasteiger partial charge in [-0.2, -0.15) is 0 Å². The van der Waals surface area contributed by atoms with Crippen LogP contribution in [0.4, 0.5) is 0 Å². The second-order valence-electron chi connectivity index (χ2n) is 4.04. The molecule has 0 bridgehead atoms. The lowest BCUT2D eigenvalue weighted by molar-refractivity contribution is 0.714. The van der Waals surface area contributed by atoms with Gasteiger partial charge in [0.25, 0.3) is 0 Å². The van der Waals surface area contributed by atoms with E-state index in [0.29, 0.717) is 6.54 Å². The molecule has 84 valence electrons. The molecule has 1 atom stereocenters. The van der Waals surface area contributed by atoms with E-state index >= 15 is 0 Å². The topological polar surface area (TPSA) is 52.0 Å². The smallest absolute Gasteiger partial charge is 0.0419 e. The maximum absolute atomic E-state index is 5.84. The first-order chi connectivity index (χ1) is 7.27. The van der Waals surface area contributed by atoms with Crippen LogP contribution in [-0.2, 0) is 6.42 Å². The van der Waals surface area contributed by atoms with Crippen LogP contribution in [0.15, 0.2) is 24.3 Å². The number of hydrogen-bond acceptors (Lipinski definition) is 2. The maximum atomic E-state index is 5.84. The predicted molar refractivity (Wildman–Crippen MR) is 65.7 cm³/mol. The molecule has 1 rings (SSSR count). The van der Waals surface area contributed by atoms with Crippen molar-refractivity contribution in [2.75, 3.05) is 6.54 Å². The fourth-order valence-electron chi connectivity index (χ4n) is 1.65. The largest absolute Gasteiger partial charge is 0.329 e. The summed E-state index contributed by atoms with van der Waals surface area (Å²) < 4.78 is 0. The van der Waals surface area contributed by atoms with Crippen molar-refractivity contribution < 1.29 is 0 Å². The van der Waals surface area contributed by atoms with Crippen molar-refractivity contribution in [2.24, 2.45) is 11.5 Å². The Morgan fingerprint density at radius 2 is 1.80 bits per heavy atom. The third-order valence-corrected chi connectivity index (χ3v) is 2.73. The van der Waals surface area contributed by atoms with Gasteiger partial charge in [-0.15, -0.1) is 0 Å². The summed E-state index contributed by atoms with van der Waals surface area (Å²) in [6.45, 7) is 2.73. The van der Waals surface area contributed by atoms with Gasteiger partial charge in [0.1, 0.15) is 0 Å². The fraction of sp³-hybridized carbons (Fsp3) is 0.538. The summed E-state index contributed by atoms with van der Waals surface area (Å²) in [5, 5.41) is 0. The Morgan fingerprint density at radius 3 is 2.33 bits per heavy atom. The Balaban J connectivity index is 2.49. The van der Waals surface area contributed by atoms with E-state index in [-0.39, 0.29) is 6.04 Å². The molecule has 1 aromatic carbocycles. The van der Waals surface area contributed by atoms with E-state index in [2.05, 4.69) is 31.2 Å². The standard InChI is InChI=1S/C13H22N2/c1-2-3-4-5-11-6-8-12(9-7-11)13(15)10-14/h6-9,13H,2-5,10,14-15H2,1H3. The molecule has 0 saturated carbocycles. The SMILES string of the molecule is CCCCCc1ccc(C(N)CN)cc1. The van der Waals surface area contributed by atoms with Gasteiger partial charge in [0, 0.05) is 12.6 Å². The van der Waals surface area contributed by atoms with E-state index in [9.17, 15) is 0 Å². The Bertz CT molecular complexity index is 266. The summed E-state index contributed by atoms with van der Waals surface area (Å²) >= 11 is 0. The molecule has 0 spiro atoms. The molecule has 1 unspecified atom stereocenters. The molecule has 0 aliphatic carbocycles. The molecule has 0 aliphatic rings. The molecule has 15 heavy (non-hydrogen) atoms. The van der Waals surface area contributed by atoms with E-state index in [1.54, 1.807) is 0 Å². The number of nitrogens with two attached hydrogens (primary N) is 2. The Hall–Kier alpha value is -0.860. The van der Waals surface area contributed by atoms with E-state index in [0.717, 1.165) is 5.56 Å². The number of unbranched alkanes of at least 4 members (excludes halogenated alkanes) is 2. The van der Waals surface area contributed by atoms with E-state index in [1.807, 2.05) is 0 Å². The van der Waals surface area contributed by atoms with Crippen LogP contribution < -0.4 is 11.5 Å². The van der Waals surface area contributed by atoms with Gasteiger partial charge in [-0.25, -0.2) is 0 Å². The van der Waals surface area contributed by atoms with Crippen molar-refractivity contribution in [3.8, 4) is 0 Å². The second-order valence-corrected chi connectivity index (χ2v) is 4.04. The van der Waals surface area contributed by atoms with Crippen molar-refractivity contribution in [1.29, 1.82) is 0 Å². The van der Waals surface area contributed by atoms with Gasteiger partial charge in [-0.3, -0.25) is 0 Å². The highest BCUT2D eigenvalue weighted by molar-refractivity contribution is 5.25. The zero-order chi connectivity index (χ0) is 11.1. The Morgan fingerprint density at radius 1 is 1.13 bits per heavy atom. The molecule has 0 aromatic heterocycles. The van der Waals surface area contributed by atoms with Crippen LogP contribution in [-0.4, -0.2) is 6.54 Å². The lowest BCUT2D eigenvalue weighted by Gasteiger charge is -2.09. The maximum Gasteiger partial charge on any atom is 0.0419 e. The van der Waals surface area contributed by atoms with Crippen molar-refractivity contribution in [1.82, 2.24) is 0 Å². The average molecular weight is 206 g/mol. The minimum Gasteiger partial charge on any atom is -0.329 e. The van der Waals surface area contributed by atoms with E-state index < -0.39 is 0 Å². The number of rotatable bonds is 6. The molecular weight excluding hydrogens is 184 g/mol. The molecule has 0 fully saturated rings. The van der Waals surface area contributed by atoms with Crippen LogP contribution in [0.3, 0.4) is 0 Å². The molecule has 0 heterocycles. The monoisotopic (exact) mass is 206 g/mol. The van der Waals surface area contributed by atoms with Gasteiger partial charge in [0.05, 0.1) is 0 Å². The van der Waals surface area contributed by atoms with Crippen LogP contribution in [0.1, 0.15) is 43.4 Å². The second kappa shape index (κ2) is 6.59. The van der Waals surface area contributed by atoms with Crippen molar-refractivity contribution in [2.45, 2.75) is 38.6 Å². The first-order valence-electron chi connectivity index (χ1n) is 5.82. The summed E-state index contributed by atoms with van der Waals surface area (Å²) in [5.41, 5.74) is 13.9. The summed E-state index contributed by atoms with van der Waals surface area (Å²) in [6.07, 6.45) is 5.03. The van der Waals surface area contributed by atoms with Gasteiger partial charge in [0.2, 0.25) is 0 Å². The highest BCUT2D eigenvalue weighted by Crippen LogP contribution is 2.12. The minimum atomic E-state index is -0.0188. The third-order valence-electron chi connectivity index (χ3n) is 2.73. The Labute approximate surface area is 92.7 Å². The Kier molecular flexibility index (Phi) is 5.37. The average Bonchev–Trinajstić information content (AvgIpc) is 2.29. The molecule has 0 radical (unpaired) electrons. The molecule has 0 amide bonds. The van der Waals surface area contributed by atoms with Crippen molar-refractivity contribution >= 4 is 0 Å². The fourth-order valence-corrected chi connectivity index (χ4v) is 1.65. The first kappa shape index (κ1) is 12.2. The summed E-state index contributed by atoms with van der Waals surface area (Å²) in [6, 6.07) is 8.51. The summed E-state index contributed by atoms with van der Waals surface area (Å²) in [7, 11) is 0. The highest BCUT2D eigenvalue weighted by atomic mass is 14.7. The predicted octanol–water partition coefficient (Wildman–Crippen LogP) is 2.38. The molecule has 4 N–H and O–H groups in total.